The topological polar surface area (TPSA) is 69.6 Å². The van der Waals surface area contributed by atoms with Crippen molar-refractivity contribution in [1.82, 2.24) is 4.90 Å². The quantitative estimate of drug-likeness (QED) is 0.853. The Hall–Kier alpha value is -1.56. The number of benzene rings is 1. The fourth-order valence-corrected chi connectivity index (χ4v) is 3.12. The zero-order valence-corrected chi connectivity index (χ0v) is 13.7. The second kappa shape index (κ2) is 6.47. The molecule has 1 fully saturated rings. The molecule has 2 atom stereocenters. The first kappa shape index (κ1) is 15.8. The van der Waals surface area contributed by atoms with E-state index in [0.717, 1.165) is 16.5 Å². The third-order valence-electron chi connectivity index (χ3n) is 3.78. The van der Waals surface area contributed by atoms with Crippen LogP contribution in [0.15, 0.2) is 22.7 Å². The van der Waals surface area contributed by atoms with Gasteiger partial charge >= 0.3 is 12.0 Å². The van der Waals surface area contributed by atoms with Crippen LogP contribution in [0.25, 0.3) is 0 Å². The highest BCUT2D eigenvalue weighted by Gasteiger charge is 2.34. The van der Waals surface area contributed by atoms with Crippen LogP contribution >= 0.6 is 15.9 Å². The first-order valence-electron chi connectivity index (χ1n) is 6.95. The molecular formula is C15H19BrN2O3. The van der Waals surface area contributed by atoms with Gasteiger partial charge in [0, 0.05) is 11.0 Å². The molecule has 1 aliphatic rings. The van der Waals surface area contributed by atoms with E-state index < -0.39 is 12.0 Å². The van der Waals surface area contributed by atoms with Gasteiger partial charge in [-0.15, -0.1) is 0 Å². The number of halogens is 1. The van der Waals surface area contributed by atoms with Gasteiger partial charge in [0.1, 0.15) is 6.04 Å². The van der Waals surface area contributed by atoms with Crippen molar-refractivity contribution in [2.45, 2.75) is 32.7 Å². The molecule has 0 radical (unpaired) electrons. The molecule has 21 heavy (non-hydrogen) atoms. The molecule has 2 unspecified atom stereocenters. The maximum absolute atomic E-state index is 12.4. The Balaban J connectivity index is 2.13. The van der Waals surface area contributed by atoms with Gasteiger partial charge in [0.15, 0.2) is 0 Å². The largest absolute Gasteiger partial charge is 0.480 e. The minimum Gasteiger partial charge on any atom is -0.480 e. The van der Waals surface area contributed by atoms with Crippen molar-refractivity contribution in [2.75, 3.05) is 11.9 Å². The monoisotopic (exact) mass is 354 g/mol. The molecule has 0 spiro atoms. The van der Waals surface area contributed by atoms with Crippen LogP contribution in [0.3, 0.4) is 0 Å². The third kappa shape index (κ3) is 3.75. The van der Waals surface area contributed by atoms with Crippen molar-refractivity contribution in [2.24, 2.45) is 5.92 Å². The number of urea groups is 1. The Morgan fingerprint density at radius 3 is 2.76 bits per heavy atom. The van der Waals surface area contributed by atoms with Crippen LogP contribution in [-0.2, 0) is 4.79 Å². The number of piperidine rings is 1. The maximum Gasteiger partial charge on any atom is 0.326 e. The SMILES string of the molecule is Cc1ccc(NC(=O)N2CCC(C)CC2C(=O)O)c(Br)c1. The first-order valence-corrected chi connectivity index (χ1v) is 7.74. The van der Waals surface area contributed by atoms with E-state index in [9.17, 15) is 14.7 Å². The summed E-state index contributed by atoms with van der Waals surface area (Å²) in [6.45, 7) is 4.44. The lowest BCUT2D eigenvalue weighted by Crippen LogP contribution is -2.51. The predicted molar refractivity (Wildman–Crippen MR) is 84.4 cm³/mol. The fourth-order valence-electron chi connectivity index (χ4n) is 2.53. The van der Waals surface area contributed by atoms with Gasteiger partial charge in [-0.1, -0.05) is 13.0 Å². The number of likely N-dealkylation sites (tertiary alicyclic amines) is 1. The zero-order valence-electron chi connectivity index (χ0n) is 12.1. The summed E-state index contributed by atoms with van der Waals surface area (Å²) in [5, 5.41) is 12.1. The van der Waals surface area contributed by atoms with Crippen LogP contribution in [0.2, 0.25) is 0 Å². The van der Waals surface area contributed by atoms with Gasteiger partial charge < -0.3 is 15.3 Å². The van der Waals surface area contributed by atoms with Crippen molar-refractivity contribution in [3.8, 4) is 0 Å². The van der Waals surface area contributed by atoms with Gasteiger partial charge in [0.2, 0.25) is 0 Å². The second-order valence-corrected chi connectivity index (χ2v) is 6.44. The van der Waals surface area contributed by atoms with E-state index in [1.807, 2.05) is 26.0 Å². The number of carboxylic acids is 1. The molecule has 2 N–H and O–H groups in total. The minimum atomic E-state index is -0.945. The Morgan fingerprint density at radius 2 is 2.14 bits per heavy atom. The normalized spacial score (nSPS) is 22.0. The Labute approximate surface area is 132 Å². The number of rotatable bonds is 2. The number of nitrogens with one attached hydrogen (secondary N) is 1. The molecule has 5 nitrogen and oxygen atoms in total. The number of hydrogen-bond acceptors (Lipinski definition) is 2. The number of anilines is 1. The molecule has 0 aliphatic carbocycles. The number of aliphatic carboxylic acids is 1. The molecule has 0 aromatic heterocycles. The van der Waals surface area contributed by atoms with Crippen LogP contribution in [-0.4, -0.2) is 34.6 Å². The average Bonchev–Trinajstić information content (AvgIpc) is 2.41. The molecular weight excluding hydrogens is 336 g/mol. The average molecular weight is 355 g/mol. The van der Waals surface area contributed by atoms with Crippen LogP contribution < -0.4 is 5.32 Å². The lowest BCUT2D eigenvalue weighted by molar-refractivity contribution is -0.143. The molecule has 6 heteroatoms. The molecule has 1 aromatic carbocycles. The van der Waals surface area contributed by atoms with Crippen LogP contribution in [0.1, 0.15) is 25.3 Å². The number of amides is 2. The molecule has 1 aliphatic heterocycles. The second-order valence-electron chi connectivity index (χ2n) is 5.59. The molecule has 0 bridgehead atoms. The van der Waals surface area contributed by atoms with Gasteiger partial charge in [0.05, 0.1) is 5.69 Å². The Kier molecular flexibility index (Phi) is 4.88. The summed E-state index contributed by atoms with van der Waals surface area (Å²) in [6, 6.07) is 4.49. The van der Waals surface area contributed by atoms with Crippen molar-refractivity contribution in [1.29, 1.82) is 0 Å². The lowest BCUT2D eigenvalue weighted by Gasteiger charge is -2.35. The highest BCUT2D eigenvalue weighted by atomic mass is 79.9. The van der Waals surface area contributed by atoms with Gasteiger partial charge in [0.25, 0.3) is 0 Å². The molecule has 1 aromatic rings. The molecule has 1 saturated heterocycles. The lowest BCUT2D eigenvalue weighted by atomic mass is 9.93. The number of hydrogen-bond donors (Lipinski definition) is 2. The summed E-state index contributed by atoms with van der Waals surface area (Å²) < 4.78 is 0.785. The molecule has 114 valence electrons. The van der Waals surface area contributed by atoms with Crippen molar-refractivity contribution in [3.05, 3.63) is 28.2 Å². The van der Waals surface area contributed by atoms with E-state index in [2.05, 4.69) is 21.2 Å². The molecule has 2 amide bonds. The number of carbonyl (C=O) groups excluding carboxylic acids is 1. The van der Waals surface area contributed by atoms with Gasteiger partial charge in [-0.2, -0.15) is 0 Å². The summed E-state index contributed by atoms with van der Waals surface area (Å²) in [4.78, 5) is 25.1. The van der Waals surface area contributed by atoms with Crippen molar-refractivity contribution < 1.29 is 14.7 Å². The summed E-state index contributed by atoms with van der Waals surface area (Å²) in [7, 11) is 0. The van der Waals surface area contributed by atoms with E-state index in [-0.39, 0.29) is 6.03 Å². The van der Waals surface area contributed by atoms with E-state index >= 15 is 0 Å². The maximum atomic E-state index is 12.4. The Bertz CT molecular complexity index is 562. The number of nitrogens with zero attached hydrogens (tertiary/aromatic N) is 1. The number of carboxylic acid groups (broad SMARTS) is 1. The fraction of sp³-hybridized carbons (Fsp3) is 0.467. The Morgan fingerprint density at radius 1 is 1.43 bits per heavy atom. The predicted octanol–water partition coefficient (Wildman–Crippen LogP) is 3.47. The summed E-state index contributed by atoms with van der Waals surface area (Å²) in [6.07, 6.45) is 1.32. The van der Waals surface area contributed by atoms with Gasteiger partial charge in [-0.25, -0.2) is 9.59 Å². The third-order valence-corrected chi connectivity index (χ3v) is 4.43. The highest BCUT2D eigenvalue weighted by Crippen LogP contribution is 2.26. The number of aryl methyl sites for hydroxylation is 1. The molecule has 1 heterocycles. The van der Waals surface area contributed by atoms with E-state index in [1.54, 1.807) is 6.07 Å². The highest BCUT2D eigenvalue weighted by molar-refractivity contribution is 9.10. The summed E-state index contributed by atoms with van der Waals surface area (Å²) in [5.41, 5.74) is 1.73. The van der Waals surface area contributed by atoms with Gasteiger partial charge in [-0.05, 0) is 59.3 Å². The molecule has 2 rings (SSSR count). The summed E-state index contributed by atoms with van der Waals surface area (Å²) in [5.74, 6) is -0.624. The molecule has 0 saturated carbocycles. The van der Waals surface area contributed by atoms with Crippen LogP contribution in [0.5, 0.6) is 0 Å². The number of carbonyl (C=O) groups is 2. The van der Waals surface area contributed by atoms with Crippen molar-refractivity contribution >= 4 is 33.6 Å². The smallest absolute Gasteiger partial charge is 0.326 e. The zero-order chi connectivity index (χ0) is 15.6. The van der Waals surface area contributed by atoms with Crippen molar-refractivity contribution in [3.63, 3.8) is 0 Å². The standard InChI is InChI=1S/C15H19BrN2O3/c1-9-3-4-12(11(16)7-9)17-15(21)18-6-5-10(2)8-13(18)14(19)20/h3-4,7,10,13H,5-6,8H2,1-2H3,(H,17,21)(H,19,20). The van der Waals surface area contributed by atoms with E-state index in [0.29, 0.717) is 24.6 Å². The minimum absolute atomic E-state index is 0.321. The first-order chi connectivity index (χ1) is 9.88. The van der Waals surface area contributed by atoms with E-state index in [1.165, 1.54) is 4.90 Å². The van der Waals surface area contributed by atoms with Gasteiger partial charge in [-0.3, -0.25) is 0 Å². The summed E-state index contributed by atoms with van der Waals surface area (Å²) >= 11 is 3.40. The van der Waals surface area contributed by atoms with E-state index in [4.69, 9.17) is 0 Å². The van der Waals surface area contributed by atoms with Crippen LogP contribution in [0.4, 0.5) is 10.5 Å². The van der Waals surface area contributed by atoms with Crippen LogP contribution in [0, 0.1) is 12.8 Å².